The summed E-state index contributed by atoms with van der Waals surface area (Å²) in [4.78, 5) is 20.6. The van der Waals surface area contributed by atoms with E-state index in [1.807, 2.05) is 42.8 Å². The van der Waals surface area contributed by atoms with Crippen LogP contribution in [-0.4, -0.2) is 50.2 Å². The summed E-state index contributed by atoms with van der Waals surface area (Å²) in [5.74, 6) is 1.53. The van der Waals surface area contributed by atoms with Gasteiger partial charge < -0.3 is 10.2 Å². The average molecular weight is 427 g/mol. The van der Waals surface area contributed by atoms with Gasteiger partial charge in [-0.1, -0.05) is 19.9 Å². The van der Waals surface area contributed by atoms with E-state index in [0.29, 0.717) is 17.4 Å². The molecule has 1 fully saturated rings. The first-order valence-electron chi connectivity index (χ1n) is 10.9. The molecule has 32 heavy (non-hydrogen) atoms. The summed E-state index contributed by atoms with van der Waals surface area (Å²) in [6.45, 7) is 8.80. The topological polar surface area (TPSA) is 95.5 Å². The predicted octanol–water partition coefficient (Wildman–Crippen LogP) is 3.57. The van der Waals surface area contributed by atoms with E-state index in [9.17, 15) is 5.26 Å². The van der Waals surface area contributed by atoms with Crippen LogP contribution in [-0.2, 0) is 0 Å². The summed E-state index contributed by atoms with van der Waals surface area (Å²) in [7, 11) is 0. The Labute approximate surface area is 187 Å². The third kappa shape index (κ3) is 4.03. The Morgan fingerprint density at radius 1 is 1.09 bits per heavy atom. The number of pyridine rings is 2. The van der Waals surface area contributed by atoms with Gasteiger partial charge in [-0.2, -0.15) is 5.26 Å². The molecule has 0 aromatic carbocycles. The van der Waals surface area contributed by atoms with Crippen molar-refractivity contribution in [3.05, 3.63) is 60.8 Å². The van der Waals surface area contributed by atoms with Gasteiger partial charge in [0, 0.05) is 49.8 Å². The van der Waals surface area contributed by atoms with E-state index in [1.165, 1.54) is 0 Å². The summed E-state index contributed by atoms with van der Waals surface area (Å²) in [5, 5.41) is 13.7. The Kier molecular flexibility index (Phi) is 6.38. The fraction of sp³-hybridized carbons (Fsp3) is 0.292. The minimum absolute atomic E-state index is 0.373. The van der Waals surface area contributed by atoms with Crippen LogP contribution in [0.5, 0.6) is 0 Å². The molecule has 5 heterocycles. The smallest absolute Gasteiger partial charge is 0.151 e. The fourth-order valence-corrected chi connectivity index (χ4v) is 3.92. The van der Waals surface area contributed by atoms with Crippen LogP contribution in [0.15, 0.2) is 55.2 Å². The van der Waals surface area contributed by atoms with Crippen molar-refractivity contribution in [2.24, 2.45) is 0 Å². The van der Waals surface area contributed by atoms with Crippen LogP contribution >= 0.6 is 0 Å². The highest BCUT2D eigenvalue weighted by Gasteiger charge is 2.24. The Balaban J connectivity index is 0.00000119. The number of nitriles is 1. The second kappa shape index (κ2) is 9.54. The Hall–Kier alpha value is -3.83. The average Bonchev–Trinajstić information content (AvgIpc) is 3.26. The van der Waals surface area contributed by atoms with Crippen LogP contribution in [0.3, 0.4) is 0 Å². The quantitative estimate of drug-likeness (QED) is 0.535. The first-order chi connectivity index (χ1) is 15.7. The molecule has 8 nitrogen and oxygen atoms in total. The van der Waals surface area contributed by atoms with Gasteiger partial charge in [0.1, 0.15) is 18.0 Å². The zero-order valence-corrected chi connectivity index (χ0v) is 18.5. The second-order valence-electron chi connectivity index (χ2n) is 7.34. The molecule has 1 saturated heterocycles. The number of fused-ring (bicyclic) bond motifs is 1. The molecule has 0 bridgehead atoms. The molecule has 5 rings (SSSR count). The largest absolute Gasteiger partial charge is 0.353 e. The third-order valence-electron chi connectivity index (χ3n) is 5.29. The molecule has 8 heteroatoms. The minimum Gasteiger partial charge on any atom is -0.353 e. The van der Waals surface area contributed by atoms with Crippen LogP contribution in [0.4, 0.5) is 5.82 Å². The van der Waals surface area contributed by atoms with Crippen molar-refractivity contribution in [2.75, 3.05) is 24.5 Å². The van der Waals surface area contributed by atoms with Crippen molar-refractivity contribution in [1.82, 2.24) is 29.8 Å². The molecule has 0 amide bonds. The lowest BCUT2D eigenvalue weighted by Crippen LogP contribution is -2.49. The highest BCUT2D eigenvalue weighted by atomic mass is 15.3. The van der Waals surface area contributed by atoms with E-state index in [0.717, 1.165) is 47.7 Å². The molecule has 1 unspecified atom stereocenters. The van der Waals surface area contributed by atoms with Crippen LogP contribution in [0.25, 0.3) is 28.1 Å². The van der Waals surface area contributed by atoms with Crippen LogP contribution in [0.1, 0.15) is 26.3 Å². The van der Waals surface area contributed by atoms with Crippen molar-refractivity contribution >= 4 is 16.9 Å². The first-order valence-corrected chi connectivity index (χ1v) is 10.9. The highest BCUT2D eigenvalue weighted by Crippen LogP contribution is 2.35. The predicted molar refractivity (Wildman–Crippen MR) is 126 cm³/mol. The van der Waals surface area contributed by atoms with E-state index < -0.39 is 0 Å². The Morgan fingerprint density at radius 3 is 2.72 bits per heavy atom. The molecule has 0 aliphatic carbocycles. The molecule has 1 aliphatic rings. The molecule has 1 N–H and O–H groups in total. The van der Waals surface area contributed by atoms with Gasteiger partial charge in [0.2, 0.25) is 0 Å². The van der Waals surface area contributed by atoms with Gasteiger partial charge in [0.15, 0.2) is 5.65 Å². The van der Waals surface area contributed by atoms with E-state index in [4.69, 9.17) is 0 Å². The monoisotopic (exact) mass is 426 g/mol. The van der Waals surface area contributed by atoms with Crippen molar-refractivity contribution in [2.45, 2.75) is 26.8 Å². The molecule has 1 aliphatic heterocycles. The van der Waals surface area contributed by atoms with E-state index in [1.54, 1.807) is 30.9 Å². The number of hydrogen-bond donors (Lipinski definition) is 1. The zero-order valence-electron chi connectivity index (χ0n) is 18.5. The van der Waals surface area contributed by atoms with Crippen molar-refractivity contribution in [3.8, 4) is 23.1 Å². The molecular weight excluding hydrogens is 400 g/mol. The molecule has 4 aromatic heterocycles. The molecule has 162 valence electrons. The standard InChI is InChI=1S/C22H20N8.C2H6/c1-15-12-29(9-8-24-15)21-20-17(18-4-2-3-6-25-18)13-30(22(20)28-14-27-21)19-10-16(11-23)5-7-26-19;1-2/h2-7,10,13-15,24H,8-9,12H2,1H3;1-2H3. The summed E-state index contributed by atoms with van der Waals surface area (Å²) >= 11 is 0. The van der Waals surface area contributed by atoms with Gasteiger partial charge in [0.25, 0.3) is 0 Å². The van der Waals surface area contributed by atoms with Crippen molar-refractivity contribution in [1.29, 1.82) is 5.26 Å². The minimum atomic E-state index is 0.373. The number of nitrogens with zero attached hydrogens (tertiary/aromatic N) is 7. The molecule has 0 saturated carbocycles. The number of nitrogens with one attached hydrogen (secondary N) is 1. The Morgan fingerprint density at radius 2 is 1.97 bits per heavy atom. The number of rotatable bonds is 3. The highest BCUT2D eigenvalue weighted by molar-refractivity contribution is 6.01. The van der Waals surface area contributed by atoms with Gasteiger partial charge >= 0.3 is 0 Å². The lowest BCUT2D eigenvalue weighted by molar-refractivity contribution is 0.483. The van der Waals surface area contributed by atoms with Crippen LogP contribution in [0, 0.1) is 11.3 Å². The summed E-state index contributed by atoms with van der Waals surface area (Å²) < 4.78 is 1.91. The first kappa shape index (κ1) is 21.4. The molecule has 4 aromatic rings. The summed E-state index contributed by atoms with van der Waals surface area (Å²) in [5.41, 5.74) is 3.08. The number of anilines is 1. The zero-order chi connectivity index (χ0) is 22.5. The Bertz CT molecular complexity index is 1240. The second-order valence-corrected chi connectivity index (χ2v) is 7.34. The van der Waals surface area contributed by atoms with Crippen LogP contribution < -0.4 is 10.2 Å². The van der Waals surface area contributed by atoms with Gasteiger partial charge in [-0.25, -0.2) is 15.0 Å². The normalized spacial score (nSPS) is 15.7. The third-order valence-corrected chi connectivity index (χ3v) is 5.29. The molecule has 0 radical (unpaired) electrons. The van der Waals surface area contributed by atoms with Gasteiger partial charge in [0.05, 0.1) is 22.7 Å². The van der Waals surface area contributed by atoms with E-state index in [2.05, 4.69) is 43.1 Å². The van der Waals surface area contributed by atoms with Crippen molar-refractivity contribution < 1.29 is 0 Å². The summed E-state index contributed by atoms with van der Waals surface area (Å²) in [6.07, 6.45) is 7.00. The fourth-order valence-electron chi connectivity index (χ4n) is 3.92. The molecule has 0 spiro atoms. The summed E-state index contributed by atoms with van der Waals surface area (Å²) in [6, 6.07) is 11.9. The maximum absolute atomic E-state index is 9.31. The maximum Gasteiger partial charge on any atom is 0.151 e. The van der Waals surface area contributed by atoms with E-state index >= 15 is 0 Å². The van der Waals surface area contributed by atoms with Gasteiger partial charge in [-0.15, -0.1) is 0 Å². The van der Waals surface area contributed by atoms with Gasteiger partial charge in [-0.05, 0) is 31.2 Å². The number of aromatic nitrogens is 5. The lowest BCUT2D eigenvalue weighted by Gasteiger charge is -2.33. The maximum atomic E-state index is 9.31. The number of piperazine rings is 1. The SMILES string of the molecule is CC.CC1CN(c2ncnc3c2c(-c2ccccn2)cn3-c2cc(C#N)ccn2)CCN1. The molecule has 1 atom stereocenters. The van der Waals surface area contributed by atoms with Gasteiger partial charge in [-0.3, -0.25) is 9.55 Å². The van der Waals surface area contributed by atoms with E-state index in [-0.39, 0.29) is 0 Å². The molecular formula is C24H26N8. The lowest BCUT2D eigenvalue weighted by atomic mass is 10.1. The van der Waals surface area contributed by atoms with Crippen molar-refractivity contribution in [3.63, 3.8) is 0 Å². The van der Waals surface area contributed by atoms with Crippen LogP contribution in [0.2, 0.25) is 0 Å². The number of hydrogen-bond acceptors (Lipinski definition) is 7.